The maximum atomic E-state index is 12.9. The molecule has 3 fully saturated rings. The third-order valence-electron chi connectivity index (χ3n) is 5.71. The lowest BCUT2D eigenvalue weighted by atomic mass is 9.82. The quantitative estimate of drug-likeness (QED) is 0.749. The highest BCUT2D eigenvalue weighted by molar-refractivity contribution is 5.79. The molecule has 3 aliphatic rings. The number of aliphatic carboxylic acids is 1. The van der Waals surface area contributed by atoms with Crippen LogP contribution in [0.3, 0.4) is 0 Å². The molecule has 0 radical (unpaired) electrons. The first-order valence-corrected chi connectivity index (χ1v) is 10.1. The monoisotopic (exact) mass is 445 g/mol. The normalized spacial score (nSPS) is 26.5. The van der Waals surface area contributed by atoms with Crippen LogP contribution in [0.4, 0.5) is 13.2 Å². The van der Waals surface area contributed by atoms with Crippen LogP contribution in [-0.4, -0.2) is 90.5 Å². The fourth-order valence-electron chi connectivity index (χ4n) is 4.21. The molecule has 8 nitrogen and oxygen atoms in total. The van der Waals surface area contributed by atoms with Crippen molar-refractivity contribution in [2.24, 2.45) is 17.8 Å². The van der Waals surface area contributed by atoms with Gasteiger partial charge in [-0.25, -0.2) is 4.79 Å². The molecule has 4 rings (SSSR count). The number of hydrogen-bond acceptors (Lipinski definition) is 6. The summed E-state index contributed by atoms with van der Waals surface area (Å²) in [6.07, 6.45) is -3.24. The van der Waals surface area contributed by atoms with Crippen LogP contribution < -0.4 is 0 Å². The molecule has 0 spiro atoms. The Bertz CT molecular complexity index is 743. The third kappa shape index (κ3) is 6.37. The predicted octanol–water partition coefficient (Wildman–Crippen LogP) is 1.27. The van der Waals surface area contributed by atoms with E-state index in [-0.39, 0.29) is 11.8 Å². The van der Waals surface area contributed by atoms with Gasteiger partial charge in [0.2, 0.25) is 5.91 Å². The molecule has 3 saturated heterocycles. The number of carboxylic acids is 1. The highest BCUT2D eigenvalue weighted by atomic mass is 19.4. The van der Waals surface area contributed by atoms with Crippen molar-refractivity contribution in [3.63, 3.8) is 0 Å². The third-order valence-corrected chi connectivity index (χ3v) is 5.71. The molecule has 11 heteroatoms. The van der Waals surface area contributed by atoms with Crippen molar-refractivity contribution in [1.29, 1.82) is 0 Å². The summed E-state index contributed by atoms with van der Waals surface area (Å²) < 4.78 is 42.9. The molecule has 0 aliphatic carbocycles. The number of nitrogens with zero attached hydrogens (tertiary/aromatic N) is 3. The van der Waals surface area contributed by atoms with Gasteiger partial charge in [0.15, 0.2) is 0 Å². The Kier molecular flexibility index (Phi) is 7.84. The van der Waals surface area contributed by atoms with Gasteiger partial charge in [-0.15, -0.1) is 0 Å². The number of halogens is 3. The molecule has 172 valence electrons. The number of ether oxygens (including phenoxy) is 2. The van der Waals surface area contributed by atoms with Crippen LogP contribution in [0.1, 0.15) is 5.69 Å². The molecule has 0 aromatic carbocycles. The average Bonchev–Trinajstić information content (AvgIpc) is 3.17. The molecule has 1 amide bonds. The maximum absolute atomic E-state index is 12.9. The first kappa shape index (κ1) is 23.4. The van der Waals surface area contributed by atoms with Crippen molar-refractivity contribution in [2.45, 2.75) is 12.7 Å². The maximum Gasteiger partial charge on any atom is 0.490 e. The Morgan fingerprint density at radius 2 is 1.84 bits per heavy atom. The number of amides is 1. The van der Waals surface area contributed by atoms with Gasteiger partial charge in [-0.2, -0.15) is 13.2 Å². The van der Waals surface area contributed by atoms with E-state index in [0.717, 1.165) is 31.9 Å². The minimum absolute atomic E-state index is 0.00409. The Morgan fingerprint density at radius 1 is 1.13 bits per heavy atom. The van der Waals surface area contributed by atoms with Gasteiger partial charge in [-0.05, 0) is 24.0 Å². The van der Waals surface area contributed by atoms with Crippen LogP contribution in [0.2, 0.25) is 0 Å². The van der Waals surface area contributed by atoms with E-state index in [1.54, 1.807) is 0 Å². The van der Waals surface area contributed by atoms with E-state index >= 15 is 0 Å². The van der Waals surface area contributed by atoms with Gasteiger partial charge in [-0.1, -0.05) is 6.07 Å². The van der Waals surface area contributed by atoms with Crippen molar-refractivity contribution >= 4 is 11.9 Å². The van der Waals surface area contributed by atoms with Gasteiger partial charge in [0.25, 0.3) is 0 Å². The number of alkyl halides is 3. The van der Waals surface area contributed by atoms with E-state index in [4.69, 9.17) is 19.4 Å². The first-order chi connectivity index (χ1) is 14.8. The summed E-state index contributed by atoms with van der Waals surface area (Å²) >= 11 is 0. The number of carbonyl (C=O) groups is 2. The zero-order chi connectivity index (χ0) is 22.4. The molecule has 0 bridgehead atoms. The molecule has 31 heavy (non-hydrogen) atoms. The Balaban J connectivity index is 0.000000339. The van der Waals surface area contributed by atoms with E-state index in [0.29, 0.717) is 44.7 Å². The highest BCUT2D eigenvalue weighted by Crippen LogP contribution is 2.35. The number of morpholine rings is 1. The number of pyridine rings is 1. The van der Waals surface area contributed by atoms with Gasteiger partial charge < -0.3 is 19.5 Å². The average molecular weight is 445 g/mol. The minimum atomic E-state index is -5.08. The summed E-state index contributed by atoms with van der Waals surface area (Å²) in [4.78, 5) is 30.6. The summed E-state index contributed by atoms with van der Waals surface area (Å²) in [6.45, 7) is 6.88. The summed E-state index contributed by atoms with van der Waals surface area (Å²) in [5.41, 5.74) is 1.09. The molecule has 4 heterocycles. The molecule has 0 unspecified atom stereocenters. The largest absolute Gasteiger partial charge is 0.490 e. The standard InChI is InChI=1S/C18H25N3O3.C2HF3O2/c22-18(21-5-7-23-8-6-21)17-13-24-12-14-9-20(11-16(14)17)10-15-3-1-2-4-19-15;3-2(4,5)1(6)7/h1-4,14,16-17H,5-13H2;(H,6,7)/t14-,16-,17-;/m1./s1. The number of aromatic nitrogens is 1. The van der Waals surface area contributed by atoms with Crippen molar-refractivity contribution in [2.75, 3.05) is 52.6 Å². The van der Waals surface area contributed by atoms with Crippen LogP contribution in [0.25, 0.3) is 0 Å². The first-order valence-electron chi connectivity index (χ1n) is 10.1. The molecule has 1 N–H and O–H groups in total. The van der Waals surface area contributed by atoms with Crippen LogP contribution in [0, 0.1) is 17.8 Å². The molecule has 1 aromatic rings. The lowest BCUT2D eigenvalue weighted by Crippen LogP contribution is -2.49. The van der Waals surface area contributed by atoms with E-state index < -0.39 is 12.1 Å². The molecular weight excluding hydrogens is 419 g/mol. The Labute approximate surface area is 177 Å². The lowest BCUT2D eigenvalue weighted by Gasteiger charge is -2.36. The van der Waals surface area contributed by atoms with E-state index in [1.165, 1.54) is 0 Å². The fraction of sp³-hybridized carbons (Fsp3) is 0.650. The zero-order valence-corrected chi connectivity index (χ0v) is 17.0. The van der Waals surface area contributed by atoms with E-state index in [2.05, 4.69) is 16.0 Å². The van der Waals surface area contributed by atoms with Crippen molar-refractivity contribution in [3.8, 4) is 0 Å². The van der Waals surface area contributed by atoms with Crippen molar-refractivity contribution < 1.29 is 37.3 Å². The topological polar surface area (TPSA) is 92.2 Å². The van der Waals surface area contributed by atoms with Crippen molar-refractivity contribution in [3.05, 3.63) is 30.1 Å². The predicted molar refractivity (Wildman–Crippen MR) is 102 cm³/mol. The zero-order valence-electron chi connectivity index (χ0n) is 17.0. The summed E-state index contributed by atoms with van der Waals surface area (Å²) in [5.74, 6) is -1.65. The molecular formula is C20H26F3N3O5. The molecule has 3 aliphatic heterocycles. The SMILES string of the molecule is O=C(O)C(F)(F)F.O=C([C@@H]1COC[C@H]2CN(Cc3ccccn3)C[C@H]21)N1CCOCC1. The number of fused-ring (bicyclic) bond motifs is 1. The number of rotatable bonds is 3. The van der Waals surface area contributed by atoms with Crippen LogP contribution >= 0.6 is 0 Å². The number of hydrogen-bond donors (Lipinski definition) is 1. The Hall–Kier alpha value is -2.24. The van der Waals surface area contributed by atoms with Gasteiger partial charge in [0, 0.05) is 38.9 Å². The van der Waals surface area contributed by atoms with Gasteiger partial charge in [0.05, 0.1) is 38.0 Å². The number of likely N-dealkylation sites (tertiary alicyclic amines) is 1. The van der Waals surface area contributed by atoms with Crippen LogP contribution in [0.15, 0.2) is 24.4 Å². The Morgan fingerprint density at radius 3 is 2.45 bits per heavy atom. The van der Waals surface area contributed by atoms with Crippen molar-refractivity contribution in [1.82, 2.24) is 14.8 Å². The second-order valence-electron chi connectivity index (χ2n) is 7.82. The van der Waals surface area contributed by atoms with Crippen LogP contribution in [-0.2, 0) is 25.6 Å². The fourth-order valence-corrected chi connectivity index (χ4v) is 4.21. The van der Waals surface area contributed by atoms with Gasteiger partial charge in [-0.3, -0.25) is 14.7 Å². The molecule has 3 atom stereocenters. The van der Waals surface area contributed by atoms with Gasteiger partial charge >= 0.3 is 12.1 Å². The second-order valence-corrected chi connectivity index (χ2v) is 7.82. The highest BCUT2D eigenvalue weighted by Gasteiger charge is 2.45. The smallest absolute Gasteiger partial charge is 0.475 e. The number of carboxylic acid groups (broad SMARTS) is 1. The number of carbonyl (C=O) groups excluding carboxylic acids is 1. The lowest BCUT2D eigenvalue weighted by molar-refractivity contribution is -0.192. The van der Waals surface area contributed by atoms with E-state index in [1.807, 2.05) is 23.2 Å². The second kappa shape index (κ2) is 10.4. The molecule has 0 saturated carbocycles. The molecule has 1 aromatic heterocycles. The van der Waals surface area contributed by atoms with Gasteiger partial charge in [0.1, 0.15) is 0 Å². The summed E-state index contributed by atoms with van der Waals surface area (Å²) in [6, 6.07) is 6.03. The van der Waals surface area contributed by atoms with Crippen LogP contribution in [0.5, 0.6) is 0 Å². The minimum Gasteiger partial charge on any atom is -0.475 e. The summed E-state index contributed by atoms with van der Waals surface area (Å²) in [5, 5.41) is 7.12. The van der Waals surface area contributed by atoms with E-state index in [9.17, 15) is 18.0 Å². The summed E-state index contributed by atoms with van der Waals surface area (Å²) in [7, 11) is 0.